The summed E-state index contributed by atoms with van der Waals surface area (Å²) in [6, 6.07) is 7.73. The number of ether oxygens (including phenoxy) is 1. The number of methoxy groups -OCH3 is 1. The van der Waals surface area contributed by atoms with Crippen molar-refractivity contribution in [1.29, 1.82) is 0 Å². The predicted molar refractivity (Wildman–Crippen MR) is 88.9 cm³/mol. The fraction of sp³-hybridized carbons (Fsp3) is 0.333. The fourth-order valence-corrected chi connectivity index (χ4v) is 2.59. The molecule has 0 saturated carbocycles. The molecule has 2 rings (SSSR count). The molecule has 0 amide bonds. The van der Waals surface area contributed by atoms with Crippen LogP contribution in [0.3, 0.4) is 0 Å². The minimum atomic E-state index is 0.428. The lowest BCUT2D eigenvalue weighted by molar-refractivity contribution is 0.180. The SMILES string of the molecule is CCNc1nc(Cc2ccccc2Cl)nc(COC)c1Br. The summed E-state index contributed by atoms with van der Waals surface area (Å²) in [7, 11) is 1.65. The van der Waals surface area contributed by atoms with Crippen LogP contribution in [0.1, 0.15) is 24.0 Å². The molecule has 0 aliphatic carbocycles. The highest BCUT2D eigenvalue weighted by Gasteiger charge is 2.13. The Hall–Kier alpha value is -1.17. The van der Waals surface area contributed by atoms with E-state index in [1.54, 1.807) is 7.11 Å². The molecule has 1 aromatic carbocycles. The summed E-state index contributed by atoms with van der Waals surface area (Å²) in [5.74, 6) is 1.50. The maximum absolute atomic E-state index is 6.20. The van der Waals surface area contributed by atoms with Gasteiger partial charge in [0.1, 0.15) is 11.6 Å². The summed E-state index contributed by atoms with van der Waals surface area (Å²) >= 11 is 9.73. The van der Waals surface area contributed by atoms with Crippen LogP contribution in [0.5, 0.6) is 0 Å². The Balaban J connectivity index is 2.36. The normalized spacial score (nSPS) is 10.7. The summed E-state index contributed by atoms with van der Waals surface area (Å²) in [5, 5.41) is 3.95. The lowest BCUT2D eigenvalue weighted by Gasteiger charge is -2.12. The van der Waals surface area contributed by atoms with Gasteiger partial charge in [-0.25, -0.2) is 9.97 Å². The monoisotopic (exact) mass is 369 g/mol. The zero-order valence-corrected chi connectivity index (χ0v) is 14.3. The Morgan fingerprint density at radius 3 is 2.71 bits per heavy atom. The third-order valence-electron chi connectivity index (χ3n) is 2.90. The standard InChI is InChI=1S/C15H17BrClN3O/c1-3-18-15-14(16)12(9-21-2)19-13(20-15)8-10-6-4-5-7-11(10)17/h4-7H,3,8-9H2,1-2H3,(H,18,19,20). The maximum atomic E-state index is 6.20. The van der Waals surface area contributed by atoms with Crippen LogP contribution < -0.4 is 5.32 Å². The Morgan fingerprint density at radius 1 is 1.29 bits per heavy atom. The van der Waals surface area contributed by atoms with Crippen LogP contribution in [-0.2, 0) is 17.8 Å². The van der Waals surface area contributed by atoms with Gasteiger partial charge >= 0.3 is 0 Å². The first-order valence-corrected chi connectivity index (χ1v) is 7.84. The van der Waals surface area contributed by atoms with Gasteiger partial charge in [0.2, 0.25) is 0 Å². The molecule has 0 bridgehead atoms. The van der Waals surface area contributed by atoms with Crippen LogP contribution in [0.4, 0.5) is 5.82 Å². The van der Waals surface area contributed by atoms with Crippen molar-refractivity contribution >= 4 is 33.3 Å². The number of aromatic nitrogens is 2. The Morgan fingerprint density at radius 2 is 2.05 bits per heavy atom. The molecule has 0 radical (unpaired) electrons. The second-order valence-electron chi connectivity index (χ2n) is 4.48. The molecule has 0 aliphatic heterocycles. The average Bonchev–Trinajstić information content (AvgIpc) is 2.47. The van der Waals surface area contributed by atoms with Crippen molar-refractivity contribution in [2.45, 2.75) is 20.0 Å². The summed E-state index contributed by atoms with van der Waals surface area (Å²) in [4.78, 5) is 9.12. The van der Waals surface area contributed by atoms with E-state index in [-0.39, 0.29) is 0 Å². The lowest BCUT2D eigenvalue weighted by Crippen LogP contribution is -2.09. The topological polar surface area (TPSA) is 47.0 Å². The van der Waals surface area contributed by atoms with E-state index < -0.39 is 0 Å². The first-order chi connectivity index (χ1) is 10.2. The third-order valence-corrected chi connectivity index (χ3v) is 4.10. The summed E-state index contributed by atoms with van der Waals surface area (Å²) in [5.41, 5.74) is 1.83. The number of hydrogen-bond acceptors (Lipinski definition) is 4. The second kappa shape index (κ2) is 7.73. The molecule has 1 heterocycles. The lowest BCUT2D eigenvalue weighted by atomic mass is 10.1. The van der Waals surface area contributed by atoms with Gasteiger partial charge in [0.25, 0.3) is 0 Å². The van der Waals surface area contributed by atoms with Gasteiger partial charge in [-0.05, 0) is 34.5 Å². The van der Waals surface area contributed by atoms with E-state index >= 15 is 0 Å². The van der Waals surface area contributed by atoms with Crippen molar-refractivity contribution in [3.63, 3.8) is 0 Å². The van der Waals surface area contributed by atoms with Crippen LogP contribution >= 0.6 is 27.5 Å². The molecule has 1 aromatic heterocycles. The molecular weight excluding hydrogens is 354 g/mol. The number of nitrogens with zero attached hydrogens (tertiary/aromatic N) is 2. The smallest absolute Gasteiger partial charge is 0.144 e. The minimum absolute atomic E-state index is 0.428. The van der Waals surface area contributed by atoms with Crippen LogP contribution in [-0.4, -0.2) is 23.6 Å². The van der Waals surface area contributed by atoms with Gasteiger partial charge in [-0.2, -0.15) is 0 Å². The van der Waals surface area contributed by atoms with E-state index in [1.807, 2.05) is 31.2 Å². The van der Waals surface area contributed by atoms with Gasteiger partial charge < -0.3 is 10.1 Å². The van der Waals surface area contributed by atoms with E-state index in [1.165, 1.54) is 0 Å². The molecular formula is C15H17BrClN3O. The number of rotatable bonds is 6. The van der Waals surface area contributed by atoms with E-state index in [2.05, 4.69) is 31.2 Å². The Labute approximate surface area is 138 Å². The minimum Gasteiger partial charge on any atom is -0.378 e. The maximum Gasteiger partial charge on any atom is 0.144 e. The molecule has 6 heteroatoms. The molecule has 0 saturated heterocycles. The number of halogens is 2. The largest absolute Gasteiger partial charge is 0.378 e. The Bertz CT molecular complexity index is 595. The molecule has 112 valence electrons. The first-order valence-electron chi connectivity index (χ1n) is 6.67. The van der Waals surface area contributed by atoms with E-state index in [4.69, 9.17) is 16.3 Å². The van der Waals surface area contributed by atoms with Gasteiger partial charge in [-0.15, -0.1) is 0 Å². The highest BCUT2D eigenvalue weighted by molar-refractivity contribution is 9.10. The zero-order chi connectivity index (χ0) is 15.2. The number of nitrogens with one attached hydrogen (secondary N) is 1. The number of benzene rings is 1. The molecule has 0 aliphatic rings. The van der Waals surface area contributed by atoms with Gasteiger partial charge in [0.05, 0.1) is 16.8 Å². The second-order valence-corrected chi connectivity index (χ2v) is 5.68. The van der Waals surface area contributed by atoms with Crippen molar-refractivity contribution < 1.29 is 4.74 Å². The highest BCUT2D eigenvalue weighted by Crippen LogP contribution is 2.26. The van der Waals surface area contributed by atoms with Crippen LogP contribution in [0, 0.1) is 0 Å². The summed E-state index contributed by atoms with van der Waals surface area (Å²) in [6.45, 7) is 3.24. The summed E-state index contributed by atoms with van der Waals surface area (Å²) in [6.07, 6.45) is 0.585. The molecule has 0 unspecified atom stereocenters. The van der Waals surface area contributed by atoms with Gasteiger partial charge in [0, 0.05) is 25.1 Å². The Kier molecular flexibility index (Phi) is 5.96. The van der Waals surface area contributed by atoms with Crippen LogP contribution in [0.15, 0.2) is 28.7 Å². The van der Waals surface area contributed by atoms with Gasteiger partial charge in [-0.3, -0.25) is 0 Å². The van der Waals surface area contributed by atoms with Crippen molar-refractivity contribution in [1.82, 2.24) is 9.97 Å². The fourth-order valence-electron chi connectivity index (χ4n) is 1.95. The number of anilines is 1. The zero-order valence-electron chi connectivity index (χ0n) is 12.0. The molecule has 0 atom stereocenters. The van der Waals surface area contributed by atoms with Crippen LogP contribution in [0.2, 0.25) is 5.02 Å². The van der Waals surface area contributed by atoms with Crippen molar-refractivity contribution in [2.75, 3.05) is 19.0 Å². The molecule has 0 spiro atoms. The van der Waals surface area contributed by atoms with E-state index in [0.29, 0.717) is 18.9 Å². The third kappa shape index (κ3) is 4.15. The van der Waals surface area contributed by atoms with E-state index in [0.717, 1.165) is 33.1 Å². The average molecular weight is 371 g/mol. The van der Waals surface area contributed by atoms with Gasteiger partial charge in [0.15, 0.2) is 0 Å². The van der Waals surface area contributed by atoms with Crippen LogP contribution in [0.25, 0.3) is 0 Å². The molecule has 2 aromatic rings. The summed E-state index contributed by atoms with van der Waals surface area (Å²) < 4.78 is 6.04. The van der Waals surface area contributed by atoms with Crippen molar-refractivity contribution in [2.24, 2.45) is 0 Å². The van der Waals surface area contributed by atoms with Gasteiger partial charge in [-0.1, -0.05) is 29.8 Å². The quantitative estimate of drug-likeness (QED) is 0.833. The number of hydrogen-bond donors (Lipinski definition) is 1. The molecule has 1 N–H and O–H groups in total. The molecule has 4 nitrogen and oxygen atoms in total. The van der Waals surface area contributed by atoms with Crippen molar-refractivity contribution in [3.05, 3.63) is 50.8 Å². The molecule has 21 heavy (non-hydrogen) atoms. The first kappa shape index (κ1) is 16.2. The van der Waals surface area contributed by atoms with Crippen molar-refractivity contribution in [3.8, 4) is 0 Å². The highest BCUT2D eigenvalue weighted by atomic mass is 79.9. The molecule has 0 fully saturated rings. The predicted octanol–water partition coefficient (Wildman–Crippen LogP) is 4.06. The van der Waals surface area contributed by atoms with E-state index in [9.17, 15) is 0 Å².